The van der Waals surface area contributed by atoms with Crippen molar-refractivity contribution >= 4 is 12.4 Å². The fourth-order valence-corrected chi connectivity index (χ4v) is 0.994. The van der Waals surface area contributed by atoms with Gasteiger partial charge in [-0.3, -0.25) is 10.1 Å². The smallest absolute Gasteiger partial charge is 0.134 e. The van der Waals surface area contributed by atoms with Gasteiger partial charge in [0.05, 0.1) is 12.4 Å². The highest BCUT2D eigenvalue weighted by molar-refractivity contribution is 5.85. The van der Waals surface area contributed by atoms with Gasteiger partial charge in [0.1, 0.15) is 5.75 Å². The molecule has 0 aliphatic heterocycles. The number of aromatic nitrogens is 3. The number of aromatic hydroxyl groups is 1. The molecular weight excluding hydrogens is 190 g/mol. The van der Waals surface area contributed by atoms with E-state index in [1.165, 1.54) is 6.20 Å². The van der Waals surface area contributed by atoms with Crippen LogP contribution in [-0.2, 0) is 0 Å². The van der Waals surface area contributed by atoms with Crippen LogP contribution in [0.25, 0.3) is 11.1 Å². The van der Waals surface area contributed by atoms with Crippen molar-refractivity contribution in [2.75, 3.05) is 0 Å². The Labute approximate surface area is 81.1 Å². The van der Waals surface area contributed by atoms with Crippen LogP contribution in [0.15, 0.2) is 30.9 Å². The van der Waals surface area contributed by atoms with Crippen LogP contribution in [0.5, 0.6) is 5.75 Å². The van der Waals surface area contributed by atoms with Crippen LogP contribution in [0.2, 0.25) is 0 Å². The van der Waals surface area contributed by atoms with Gasteiger partial charge >= 0.3 is 0 Å². The maximum absolute atomic E-state index is 9.12. The van der Waals surface area contributed by atoms with E-state index in [9.17, 15) is 0 Å². The molecule has 2 heterocycles. The number of rotatable bonds is 1. The van der Waals surface area contributed by atoms with Crippen LogP contribution in [0, 0.1) is 0 Å². The van der Waals surface area contributed by atoms with Crippen molar-refractivity contribution in [3.05, 3.63) is 30.9 Å². The zero-order chi connectivity index (χ0) is 8.39. The Morgan fingerprint density at radius 1 is 1.15 bits per heavy atom. The Hall–Kier alpha value is -1.55. The summed E-state index contributed by atoms with van der Waals surface area (Å²) in [5.74, 6) is 0.161. The van der Waals surface area contributed by atoms with Crippen molar-refractivity contribution in [2.45, 2.75) is 0 Å². The summed E-state index contributed by atoms with van der Waals surface area (Å²) >= 11 is 0. The van der Waals surface area contributed by atoms with Gasteiger partial charge in [0, 0.05) is 23.5 Å². The number of H-pyrrole nitrogens is 1. The lowest BCUT2D eigenvalue weighted by molar-refractivity contribution is 0.473. The quantitative estimate of drug-likeness (QED) is 0.730. The Kier molecular flexibility index (Phi) is 2.87. The second-order valence-corrected chi connectivity index (χ2v) is 2.42. The lowest BCUT2D eigenvalue weighted by Crippen LogP contribution is -1.76. The summed E-state index contributed by atoms with van der Waals surface area (Å²) in [6.07, 6.45) is 6.49. The van der Waals surface area contributed by atoms with Crippen molar-refractivity contribution in [1.82, 2.24) is 15.2 Å². The van der Waals surface area contributed by atoms with E-state index in [-0.39, 0.29) is 18.2 Å². The lowest BCUT2D eigenvalue weighted by atomic mass is 10.2. The Bertz CT molecular complexity index is 375. The molecule has 4 nitrogen and oxygen atoms in total. The molecule has 0 fully saturated rings. The third-order valence-corrected chi connectivity index (χ3v) is 1.56. The average Bonchev–Trinajstić information content (AvgIpc) is 2.56. The molecule has 0 spiro atoms. The van der Waals surface area contributed by atoms with Gasteiger partial charge in [-0.2, -0.15) is 5.10 Å². The van der Waals surface area contributed by atoms with E-state index in [0.717, 1.165) is 11.1 Å². The molecule has 0 saturated carbocycles. The SMILES string of the molecule is Cl.Oc1cncc(-c2cn[nH]c2)c1. The monoisotopic (exact) mass is 197 g/mol. The number of halogens is 1. The summed E-state index contributed by atoms with van der Waals surface area (Å²) in [6.45, 7) is 0. The minimum absolute atomic E-state index is 0. The Balaban J connectivity index is 0.000000845. The van der Waals surface area contributed by atoms with Gasteiger partial charge in [-0.25, -0.2) is 0 Å². The van der Waals surface area contributed by atoms with Gasteiger partial charge < -0.3 is 5.11 Å². The number of pyridine rings is 1. The van der Waals surface area contributed by atoms with Crippen LogP contribution >= 0.6 is 12.4 Å². The van der Waals surface area contributed by atoms with Crippen LogP contribution in [0.1, 0.15) is 0 Å². The van der Waals surface area contributed by atoms with Crippen molar-refractivity contribution in [3.63, 3.8) is 0 Å². The van der Waals surface area contributed by atoms with E-state index in [2.05, 4.69) is 15.2 Å². The highest BCUT2D eigenvalue weighted by Crippen LogP contribution is 2.19. The molecule has 0 bridgehead atoms. The largest absolute Gasteiger partial charge is 0.506 e. The predicted molar refractivity (Wildman–Crippen MR) is 50.7 cm³/mol. The van der Waals surface area contributed by atoms with Crippen LogP contribution in [0.3, 0.4) is 0 Å². The van der Waals surface area contributed by atoms with Crippen LogP contribution in [-0.4, -0.2) is 20.3 Å². The van der Waals surface area contributed by atoms with Crippen molar-refractivity contribution in [3.8, 4) is 16.9 Å². The van der Waals surface area contributed by atoms with E-state index in [4.69, 9.17) is 5.11 Å². The first kappa shape index (κ1) is 9.54. The molecule has 0 saturated heterocycles. The summed E-state index contributed by atoms with van der Waals surface area (Å²) in [7, 11) is 0. The Morgan fingerprint density at radius 2 is 2.00 bits per heavy atom. The number of nitrogens with zero attached hydrogens (tertiary/aromatic N) is 2. The molecule has 0 aliphatic rings. The number of nitrogens with one attached hydrogen (secondary N) is 1. The van der Waals surface area contributed by atoms with Gasteiger partial charge in [0.15, 0.2) is 0 Å². The van der Waals surface area contributed by atoms with Gasteiger partial charge in [-0.1, -0.05) is 0 Å². The lowest BCUT2D eigenvalue weighted by Gasteiger charge is -1.95. The fourth-order valence-electron chi connectivity index (χ4n) is 0.994. The van der Waals surface area contributed by atoms with Crippen molar-refractivity contribution in [2.24, 2.45) is 0 Å². The highest BCUT2D eigenvalue weighted by atomic mass is 35.5. The zero-order valence-corrected chi connectivity index (χ0v) is 7.45. The summed E-state index contributed by atoms with van der Waals surface area (Å²) in [6, 6.07) is 1.64. The molecule has 2 rings (SSSR count). The fraction of sp³-hybridized carbons (Fsp3) is 0. The molecule has 68 valence electrons. The molecule has 0 radical (unpaired) electrons. The first-order valence-corrected chi connectivity index (χ1v) is 3.49. The van der Waals surface area contributed by atoms with E-state index >= 15 is 0 Å². The van der Waals surface area contributed by atoms with E-state index in [1.54, 1.807) is 24.7 Å². The maximum Gasteiger partial charge on any atom is 0.134 e. The summed E-state index contributed by atoms with van der Waals surface area (Å²) < 4.78 is 0. The predicted octanol–water partition coefficient (Wildman–Crippen LogP) is 1.60. The molecule has 13 heavy (non-hydrogen) atoms. The molecular formula is C8H8ClN3O. The van der Waals surface area contributed by atoms with Gasteiger partial charge in [0.25, 0.3) is 0 Å². The van der Waals surface area contributed by atoms with Gasteiger partial charge in [0.2, 0.25) is 0 Å². The second-order valence-electron chi connectivity index (χ2n) is 2.42. The summed E-state index contributed by atoms with van der Waals surface area (Å²) in [5, 5.41) is 15.6. The molecule has 0 amide bonds. The highest BCUT2D eigenvalue weighted by Gasteiger charge is 1.98. The number of hydrogen-bond acceptors (Lipinski definition) is 3. The molecule has 2 aromatic rings. The molecule has 0 aliphatic carbocycles. The van der Waals surface area contributed by atoms with Crippen molar-refractivity contribution in [1.29, 1.82) is 0 Å². The standard InChI is InChI=1S/C8H7N3O.ClH/c12-8-1-6(2-9-5-8)7-3-10-11-4-7;/h1-5,12H,(H,10,11);1H. The van der Waals surface area contributed by atoms with Crippen LogP contribution < -0.4 is 0 Å². The van der Waals surface area contributed by atoms with Crippen molar-refractivity contribution < 1.29 is 5.11 Å². The molecule has 2 N–H and O–H groups in total. The summed E-state index contributed by atoms with van der Waals surface area (Å²) in [4.78, 5) is 3.85. The van der Waals surface area contributed by atoms with E-state index in [1.807, 2.05) is 0 Å². The Morgan fingerprint density at radius 3 is 2.62 bits per heavy atom. The van der Waals surface area contributed by atoms with Gasteiger partial charge in [-0.15, -0.1) is 12.4 Å². The number of aromatic amines is 1. The maximum atomic E-state index is 9.12. The van der Waals surface area contributed by atoms with E-state index in [0.29, 0.717) is 0 Å². The third kappa shape index (κ3) is 1.97. The molecule has 0 atom stereocenters. The third-order valence-electron chi connectivity index (χ3n) is 1.56. The molecule has 2 aromatic heterocycles. The minimum atomic E-state index is 0. The van der Waals surface area contributed by atoms with E-state index < -0.39 is 0 Å². The van der Waals surface area contributed by atoms with Gasteiger partial charge in [-0.05, 0) is 6.07 Å². The molecule has 0 unspecified atom stereocenters. The second kappa shape index (κ2) is 3.91. The minimum Gasteiger partial charge on any atom is -0.506 e. The summed E-state index contributed by atoms with van der Waals surface area (Å²) in [5.41, 5.74) is 1.77. The average molecular weight is 198 g/mol. The number of hydrogen-bond donors (Lipinski definition) is 2. The van der Waals surface area contributed by atoms with Crippen LogP contribution in [0.4, 0.5) is 0 Å². The zero-order valence-electron chi connectivity index (χ0n) is 6.64. The topological polar surface area (TPSA) is 61.8 Å². The molecule has 5 heteroatoms. The normalized spacial score (nSPS) is 9.23. The molecule has 0 aromatic carbocycles. The first-order chi connectivity index (χ1) is 5.86. The first-order valence-electron chi connectivity index (χ1n) is 3.49.